The van der Waals surface area contributed by atoms with Gasteiger partial charge in [0.1, 0.15) is 48.8 Å². The van der Waals surface area contributed by atoms with E-state index in [0.29, 0.717) is 12.8 Å². The maximum Gasteiger partial charge on any atom is 0.220 e. The number of hydrogen-bond donors (Lipinski definition) is 9. The van der Waals surface area contributed by atoms with Crippen molar-refractivity contribution in [3.05, 3.63) is 60.8 Å². The summed E-state index contributed by atoms with van der Waals surface area (Å²) in [6, 6.07) is -0.945. The molecule has 2 heterocycles. The summed E-state index contributed by atoms with van der Waals surface area (Å²) in [7, 11) is 0. The molecule has 2 aliphatic heterocycles. The van der Waals surface area contributed by atoms with Gasteiger partial charge in [0.25, 0.3) is 0 Å². The molecule has 2 aliphatic rings. The summed E-state index contributed by atoms with van der Waals surface area (Å²) >= 11 is 0. The Kier molecular flexibility index (Phi) is 45.4. The largest absolute Gasteiger partial charge is 0.394 e. The van der Waals surface area contributed by atoms with E-state index in [-0.39, 0.29) is 18.9 Å². The third kappa shape index (κ3) is 34.2. The van der Waals surface area contributed by atoms with Gasteiger partial charge in [-0.3, -0.25) is 4.79 Å². The van der Waals surface area contributed by atoms with Crippen molar-refractivity contribution < 1.29 is 64.6 Å². The summed E-state index contributed by atoms with van der Waals surface area (Å²) in [4.78, 5) is 13.3. The van der Waals surface area contributed by atoms with E-state index in [0.717, 1.165) is 64.2 Å². The van der Waals surface area contributed by atoms with Crippen LogP contribution in [0.4, 0.5) is 0 Å². The highest BCUT2D eigenvalue weighted by atomic mass is 16.7. The van der Waals surface area contributed by atoms with E-state index < -0.39 is 86.8 Å². The molecule has 1 amide bonds. The third-order valence-electron chi connectivity index (χ3n) is 15.2. The average molecular weight is 1110 g/mol. The number of hydrogen-bond acceptors (Lipinski definition) is 13. The monoisotopic (exact) mass is 1110 g/mol. The lowest BCUT2D eigenvalue weighted by molar-refractivity contribution is -0.359. The van der Waals surface area contributed by atoms with Crippen LogP contribution in [0.1, 0.15) is 245 Å². The van der Waals surface area contributed by atoms with E-state index in [4.69, 9.17) is 18.9 Å². The quantitative estimate of drug-likeness (QED) is 0.0204. The zero-order valence-electron chi connectivity index (χ0n) is 48.9. The van der Waals surface area contributed by atoms with Crippen LogP contribution in [0.15, 0.2) is 60.8 Å². The minimum absolute atomic E-state index is 0.259. The molecule has 0 aromatic rings. The molecule has 12 atom stereocenters. The minimum Gasteiger partial charge on any atom is -0.394 e. The minimum atomic E-state index is -1.80. The van der Waals surface area contributed by atoms with Gasteiger partial charge >= 0.3 is 0 Å². The molecule has 0 spiro atoms. The molecule has 0 aliphatic carbocycles. The van der Waals surface area contributed by atoms with Crippen LogP contribution in [0.2, 0.25) is 0 Å². The van der Waals surface area contributed by atoms with Gasteiger partial charge in [-0.2, -0.15) is 0 Å². The van der Waals surface area contributed by atoms with Crippen molar-refractivity contribution in [3.63, 3.8) is 0 Å². The molecule has 0 radical (unpaired) electrons. The van der Waals surface area contributed by atoms with Crippen molar-refractivity contribution in [1.29, 1.82) is 0 Å². The highest BCUT2D eigenvalue weighted by Crippen LogP contribution is 2.30. The SMILES string of the molecule is CCCCCC/C=C\C/C=C\CCCCCCCCCC(=O)NC(COC1OC(CO)C(OC2OC(CO)C(O)C(O)C2O)C(O)C1O)C(O)/C=C/CC/C=C/CC/C=C/CCCCCCCCCCCCCCCCCC. The van der Waals surface area contributed by atoms with E-state index >= 15 is 0 Å². The molecule has 14 heteroatoms. The molecule has 0 bridgehead atoms. The summed E-state index contributed by atoms with van der Waals surface area (Å²) < 4.78 is 22.8. The number of ether oxygens (including phenoxy) is 4. The Balaban J connectivity index is 1.77. The summed E-state index contributed by atoms with van der Waals surface area (Å²) in [6.45, 7) is 2.76. The first-order chi connectivity index (χ1) is 38.1. The van der Waals surface area contributed by atoms with Crippen molar-refractivity contribution in [1.82, 2.24) is 5.32 Å². The van der Waals surface area contributed by atoms with Gasteiger partial charge in [-0.1, -0.05) is 222 Å². The Labute approximate surface area is 473 Å². The number of nitrogens with one attached hydrogen (secondary N) is 1. The molecule has 14 nitrogen and oxygen atoms in total. The number of amides is 1. The molecule has 0 aromatic heterocycles. The van der Waals surface area contributed by atoms with Gasteiger partial charge < -0.3 is 65.1 Å². The molecular weight excluding hydrogens is 991 g/mol. The van der Waals surface area contributed by atoms with Crippen molar-refractivity contribution in [2.45, 2.75) is 319 Å². The zero-order valence-corrected chi connectivity index (χ0v) is 48.9. The smallest absolute Gasteiger partial charge is 0.220 e. The van der Waals surface area contributed by atoms with Crippen LogP contribution in [0.25, 0.3) is 0 Å². The fraction of sp³-hybridized carbons (Fsp3) is 0.828. The van der Waals surface area contributed by atoms with Crippen LogP contribution in [0, 0.1) is 0 Å². The van der Waals surface area contributed by atoms with E-state index in [9.17, 15) is 45.6 Å². The second-order valence-corrected chi connectivity index (χ2v) is 22.2. The second-order valence-electron chi connectivity index (χ2n) is 22.2. The molecule has 9 N–H and O–H groups in total. The van der Waals surface area contributed by atoms with E-state index in [1.54, 1.807) is 6.08 Å². The predicted octanol–water partition coefficient (Wildman–Crippen LogP) is 11.3. The first kappa shape index (κ1) is 71.8. The van der Waals surface area contributed by atoms with E-state index in [1.165, 1.54) is 148 Å². The maximum atomic E-state index is 13.3. The highest BCUT2D eigenvalue weighted by molar-refractivity contribution is 5.76. The zero-order chi connectivity index (χ0) is 56.7. The predicted molar refractivity (Wildman–Crippen MR) is 314 cm³/mol. The Hall–Kier alpha value is -2.31. The molecule has 12 unspecified atom stereocenters. The number of aliphatic hydroxyl groups is 8. The van der Waals surface area contributed by atoms with Gasteiger partial charge in [-0.15, -0.1) is 0 Å². The van der Waals surface area contributed by atoms with Gasteiger partial charge in [-0.05, 0) is 77.0 Å². The third-order valence-corrected chi connectivity index (χ3v) is 15.2. The number of allylic oxidation sites excluding steroid dienone is 9. The molecule has 2 fully saturated rings. The van der Waals surface area contributed by atoms with E-state index in [2.05, 4.69) is 67.8 Å². The second kappa shape index (κ2) is 49.3. The van der Waals surface area contributed by atoms with Crippen LogP contribution in [0.3, 0.4) is 0 Å². The van der Waals surface area contributed by atoms with Gasteiger partial charge in [0.15, 0.2) is 12.6 Å². The number of unbranched alkanes of at least 4 members (excludes halogenated alkanes) is 29. The lowest BCUT2D eigenvalue weighted by atomic mass is 9.97. The van der Waals surface area contributed by atoms with Crippen molar-refractivity contribution in [2.75, 3.05) is 19.8 Å². The Morgan fingerprint density at radius 3 is 1.35 bits per heavy atom. The lowest BCUT2D eigenvalue weighted by Crippen LogP contribution is -2.65. The van der Waals surface area contributed by atoms with Crippen LogP contribution < -0.4 is 5.32 Å². The molecular formula is C64H115NO13. The summed E-state index contributed by atoms with van der Waals surface area (Å²) in [5, 5.41) is 87.1. The van der Waals surface area contributed by atoms with Crippen molar-refractivity contribution in [2.24, 2.45) is 0 Å². The fourth-order valence-electron chi connectivity index (χ4n) is 10.1. The number of rotatable bonds is 50. The lowest BCUT2D eigenvalue weighted by Gasteiger charge is -2.46. The molecule has 0 saturated carbocycles. The molecule has 0 aromatic carbocycles. The van der Waals surface area contributed by atoms with Gasteiger partial charge in [-0.25, -0.2) is 0 Å². The molecule has 454 valence electrons. The maximum absolute atomic E-state index is 13.3. The van der Waals surface area contributed by atoms with Gasteiger partial charge in [0.2, 0.25) is 5.91 Å². The standard InChI is InChI=1S/C64H115NO13/c1-3-5-7-9-11-13-15-17-19-21-23-24-25-26-27-28-29-30-31-33-35-37-39-41-43-45-47-53(68)52(65-56(69)48-46-44-42-40-38-36-34-32-22-20-18-16-14-12-10-8-6-4-2)51-75-63-61(74)59(72)62(55(50-67)77-63)78-64-60(73)58(71)57(70)54(49-66)76-64/h14,16,20,22,30-31,37,39,45,47,52-55,57-64,66-68,70-74H,3-13,15,17-19,21,23-29,32-36,38,40-44,46,48-51H2,1-2H3,(H,65,69)/b16-14-,22-20-,31-30+,39-37+,47-45+. The van der Waals surface area contributed by atoms with Crippen LogP contribution in [0.5, 0.6) is 0 Å². The average Bonchev–Trinajstić information content (AvgIpc) is 3.48. The van der Waals surface area contributed by atoms with Crippen LogP contribution in [-0.2, 0) is 23.7 Å². The van der Waals surface area contributed by atoms with E-state index in [1.807, 2.05) is 6.08 Å². The summed E-state index contributed by atoms with van der Waals surface area (Å²) in [5.74, 6) is -0.262. The summed E-state index contributed by atoms with van der Waals surface area (Å²) in [5.41, 5.74) is 0. The number of carbonyl (C=O) groups excluding carboxylic acids is 1. The van der Waals surface area contributed by atoms with Crippen LogP contribution in [-0.4, -0.2) is 140 Å². The van der Waals surface area contributed by atoms with Crippen molar-refractivity contribution in [3.8, 4) is 0 Å². The molecule has 78 heavy (non-hydrogen) atoms. The van der Waals surface area contributed by atoms with Crippen LogP contribution >= 0.6 is 0 Å². The highest BCUT2D eigenvalue weighted by Gasteiger charge is 2.51. The number of carbonyl (C=O) groups is 1. The molecule has 2 rings (SSSR count). The topological polar surface area (TPSA) is 228 Å². The van der Waals surface area contributed by atoms with Gasteiger partial charge in [0.05, 0.1) is 32.0 Å². The Morgan fingerprint density at radius 1 is 0.462 bits per heavy atom. The first-order valence-corrected chi connectivity index (χ1v) is 31.5. The molecule has 2 saturated heterocycles. The number of aliphatic hydroxyl groups excluding tert-OH is 8. The first-order valence-electron chi connectivity index (χ1n) is 31.5. The fourth-order valence-corrected chi connectivity index (χ4v) is 10.1. The summed E-state index contributed by atoms with van der Waals surface area (Å²) in [6.07, 6.45) is 46.9. The van der Waals surface area contributed by atoms with Gasteiger partial charge in [0, 0.05) is 6.42 Å². The Morgan fingerprint density at radius 2 is 0.859 bits per heavy atom. The normalized spacial score (nSPS) is 24.9. The Bertz CT molecular complexity index is 1540. The van der Waals surface area contributed by atoms with Crippen molar-refractivity contribution >= 4 is 5.91 Å².